The largest absolute Gasteiger partial charge is 0.478 e. The van der Waals surface area contributed by atoms with Crippen LogP contribution in [0.25, 0.3) is 0 Å². The summed E-state index contributed by atoms with van der Waals surface area (Å²) < 4.78 is 0. The third-order valence-corrected chi connectivity index (χ3v) is 3.60. The van der Waals surface area contributed by atoms with E-state index in [4.69, 9.17) is 0 Å². The Balaban J connectivity index is 2.21. The van der Waals surface area contributed by atoms with Crippen molar-refractivity contribution >= 4 is 17.6 Å². The summed E-state index contributed by atoms with van der Waals surface area (Å²) in [6.07, 6.45) is 0. The summed E-state index contributed by atoms with van der Waals surface area (Å²) in [7, 11) is 0. The van der Waals surface area contributed by atoms with Crippen LogP contribution in [-0.2, 0) is 4.79 Å². The van der Waals surface area contributed by atoms with Gasteiger partial charge in [0.15, 0.2) is 0 Å². The van der Waals surface area contributed by atoms with Crippen LogP contribution >= 0.6 is 0 Å². The molecule has 2 rings (SSSR count). The number of nitrogens with one attached hydrogen (secondary N) is 2. The maximum absolute atomic E-state index is 12.2. The molecule has 1 heterocycles. The van der Waals surface area contributed by atoms with E-state index < -0.39 is 5.97 Å². The third-order valence-electron chi connectivity index (χ3n) is 3.60. The lowest BCUT2D eigenvalue weighted by Gasteiger charge is -2.16. The standard InChI is InChI=1S/C14H18N2O3/c1-8-4-3-5-11(12(8)14(18)19)16-13(17)10-7-15-6-9(10)2/h3-5,9-10,15H,6-7H2,1-2H3,(H,16,17)(H,18,19)/t9-,10-/m1/s1. The van der Waals surface area contributed by atoms with Crippen LogP contribution in [0.5, 0.6) is 0 Å². The summed E-state index contributed by atoms with van der Waals surface area (Å²) in [6, 6.07) is 5.09. The minimum atomic E-state index is -1.02. The maximum Gasteiger partial charge on any atom is 0.338 e. The second-order valence-corrected chi connectivity index (χ2v) is 5.03. The van der Waals surface area contributed by atoms with E-state index in [1.165, 1.54) is 0 Å². The highest BCUT2D eigenvalue weighted by Crippen LogP contribution is 2.23. The molecular weight excluding hydrogens is 244 g/mol. The number of aromatic carboxylic acids is 1. The number of amides is 1. The van der Waals surface area contributed by atoms with Crippen molar-refractivity contribution in [2.24, 2.45) is 11.8 Å². The van der Waals surface area contributed by atoms with Gasteiger partial charge < -0.3 is 15.7 Å². The molecule has 1 aliphatic heterocycles. The number of hydrogen-bond acceptors (Lipinski definition) is 3. The van der Waals surface area contributed by atoms with Crippen LogP contribution in [0.15, 0.2) is 18.2 Å². The molecule has 3 N–H and O–H groups in total. The van der Waals surface area contributed by atoms with Gasteiger partial charge in [-0.1, -0.05) is 19.1 Å². The maximum atomic E-state index is 12.2. The highest BCUT2D eigenvalue weighted by molar-refractivity contribution is 6.02. The quantitative estimate of drug-likeness (QED) is 0.771. The average Bonchev–Trinajstić information content (AvgIpc) is 2.75. The molecule has 1 aromatic carbocycles. The zero-order valence-corrected chi connectivity index (χ0v) is 11.1. The lowest BCUT2D eigenvalue weighted by molar-refractivity contribution is -0.120. The molecule has 1 amide bonds. The van der Waals surface area contributed by atoms with Crippen molar-refractivity contribution < 1.29 is 14.7 Å². The van der Waals surface area contributed by atoms with Crippen molar-refractivity contribution in [3.63, 3.8) is 0 Å². The minimum absolute atomic E-state index is 0.109. The van der Waals surface area contributed by atoms with Crippen molar-refractivity contribution in [1.82, 2.24) is 5.32 Å². The van der Waals surface area contributed by atoms with Gasteiger partial charge in [0.05, 0.1) is 17.2 Å². The van der Waals surface area contributed by atoms with Gasteiger partial charge in [-0.3, -0.25) is 4.79 Å². The molecule has 0 bridgehead atoms. The molecule has 0 radical (unpaired) electrons. The lowest BCUT2D eigenvalue weighted by atomic mass is 9.97. The molecule has 19 heavy (non-hydrogen) atoms. The molecule has 0 aliphatic carbocycles. The smallest absolute Gasteiger partial charge is 0.338 e. The first-order valence-corrected chi connectivity index (χ1v) is 6.35. The van der Waals surface area contributed by atoms with E-state index in [-0.39, 0.29) is 23.3 Å². The van der Waals surface area contributed by atoms with Crippen LogP contribution in [0.2, 0.25) is 0 Å². The molecule has 2 atom stereocenters. The number of carbonyl (C=O) groups is 2. The number of aryl methyl sites for hydroxylation is 1. The highest BCUT2D eigenvalue weighted by Gasteiger charge is 2.30. The van der Waals surface area contributed by atoms with Crippen molar-refractivity contribution in [3.05, 3.63) is 29.3 Å². The van der Waals surface area contributed by atoms with Crippen molar-refractivity contribution in [2.75, 3.05) is 18.4 Å². The average molecular weight is 262 g/mol. The number of benzene rings is 1. The van der Waals surface area contributed by atoms with E-state index >= 15 is 0 Å². The molecule has 0 saturated carbocycles. The number of carbonyl (C=O) groups excluding carboxylic acids is 1. The Morgan fingerprint density at radius 1 is 1.37 bits per heavy atom. The first-order chi connectivity index (χ1) is 9.00. The molecule has 1 aliphatic rings. The van der Waals surface area contributed by atoms with Gasteiger partial charge in [-0.2, -0.15) is 0 Å². The Kier molecular flexibility index (Phi) is 3.85. The first-order valence-electron chi connectivity index (χ1n) is 6.35. The normalized spacial score (nSPS) is 22.2. The van der Waals surface area contributed by atoms with Gasteiger partial charge in [-0.15, -0.1) is 0 Å². The SMILES string of the molecule is Cc1cccc(NC(=O)[C@@H]2CNC[C@H]2C)c1C(=O)O. The fourth-order valence-electron chi connectivity index (χ4n) is 2.44. The van der Waals surface area contributed by atoms with Gasteiger partial charge in [0, 0.05) is 6.54 Å². The summed E-state index contributed by atoms with van der Waals surface area (Å²) in [6.45, 7) is 5.19. The first kappa shape index (κ1) is 13.5. The van der Waals surface area contributed by atoms with Gasteiger partial charge in [-0.05, 0) is 31.0 Å². The predicted molar refractivity (Wildman–Crippen MR) is 72.3 cm³/mol. The molecule has 0 unspecified atom stereocenters. The van der Waals surface area contributed by atoms with E-state index in [2.05, 4.69) is 10.6 Å². The lowest BCUT2D eigenvalue weighted by Crippen LogP contribution is -2.28. The summed E-state index contributed by atoms with van der Waals surface area (Å²) in [4.78, 5) is 23.4. The fourth-order valence-corrected chi connectivity index (χ4v) is 2.44. The van der Waals surface area contributed by atoms with Crippen molar-refractivity contribution in [2.45, 2.75) is 13.8 Å². The second kappa shape index (κ2) is 5.40. The predicted octanol–water partition coefficient (Wildman–Crippen LogP) is 1.49. The minimum Gasteiger partial charge on any atom is -0.478 e. The molecule has 1 saturated heterocycles. The Morgan fingerprint density at radius 3 is 2.68 bits per heavy atom. The van der Waals surface area contributed by atoms with Gasteiger partial charge in [0.25, 0.3) is 0 Å². The van der Waals surface area contributed by atoms with E-state index in [9.17, 15) is 14.7 Å². The number of hydrogen-bond donors (Lipinski definition) is 3. The van der Waals surface area contributed by atoms with Crippen LogP contribution in [0, 0.1) is 18.8 Å². The molecule has 0 spiro atoms. The monoisotopic (exact) mass is 262 g/mol. The Bertz CT molecular complexity index is 513. The zero-order valence-electron chi connectivity index (χ0n) is 11.1. The molecular formula is C14H18N2O3. The number of carboxylic acids is 1. The van der Waals surface area contributed by atoms with Crippen LogP contribution < -0.4 is 10.6 Å². The number of anilines is 1. The topological polar surface area (TPSA) is 78.4 Å². The molecule has 5 nitrogen and oxygen atoms in total. The zero-order chi connectivity index (χ0) is 14.0. The molecule has 1 aromatic rings. The van der Waals surface area contributed by atoms with Gasteiger partial charge in [-0.25, -0.2) is 4.79 Å². The van der Waals surface area contributed by atoms with E-state index in [1.54, 1.807) is 25.1 Å². The Hall–Kier alpha value is -1.88. The summed E-state index contributed by atoms with van der Waals surface area (Å²) >= 11 is 0. The second-order valence-electron chi connectivity index (χ2n) is 5.03. The Labute approximate surface area is 112 Å². The van der Waals surface area contributed by atoms with Crippen LogP contribution in [0.3, 0.4) is 0 Å². The van der Waals surface area contributed by atoms with E-state index in [0.717, 1.165) is 6.54 Å². The highest BCUT2D eigenvalue weighted by atomic mass is 16.4. The van der Waals surface area contributed by atoms with E-state index in [0.29, 0.717) is 17.8 Å². The van der Waals surface area contributed by atoms with Gasteiger partial charge in [0.1, 0.15) is 0 Å². The van der Waals surface area contributed by atoms with Crippen LogP contribution in [-0.4, -0.2) is 30.1 Å². The summed E-state index contributed by atoms with van der Waals surface area (Å²) in [5.41, 5.74) is 1.17. The van der Waals surface area contributed by atoms with Gasteiger partial charge >= 0.3 is 5.97 Å². The number of carboxylic acid groups (broad SMARTS) is 1. The molecule has 1 fully saturated rings. The third kappa shape index (κ3) is 2.76. The molecule has 5 heteroatoms. The van der Waals surface area contributed by atoms with Crippen LogP contribution in [0.1, 0.15) is 22.8 Å². The number of rotatable bonds is 3. The van der Waals surface area contributed by atoms with Crippen molar-refractivity contribution in [1.29, 1.82) is 0 Å². The Morgan fingerprint density at radius 2 is 2.11 bits per heavy atom. The van der Waals surface area contributed by atoms with E-state index in [1.807, 2.05) is 6.92 Å². The van der Waals surface area contributed by atoms with Crippen molar-refractivity contribution in [3.8, 4) is 0 Å². The fraction of sp³-hybridized carbons (Fsp3) is 0.429. The molecule has 0 aromatic heterocycles. The summed E-state index contributed by atoms with van der Waals surface area (Å²) in [5, 5.41) is 15.1. The van der Waals surface area contributed by atoms with Gasteiger partial charge in [0.2, 0.25) is 5.91 Å². The van der Waals surface area contributed by atoms with Crippen LogP contribution in [0.4, 0.5) is 5.69 Å². The summed E-state index contributed by atoms with van der Waals surface area (Å²) in [5.74, 6) is -0.989. The molecule has 102 valence electrons.